The van der Waals surface area contributed by atoms with Gasteiger partial charge < -0.3 is 5.32 Å². The van der Waals surface area contributed by atoms with Crippen molar-refractivity contribution in [3.05, 3.63) is 56.4 Å². The first-order valence-electron chi connectivity index (χ1n) is 9.39. The van der Waals surface area contributed by atoms with Gasteiger partial charge in [0.1, 0.15) is 11.4 Å². The van der Waals surface area contributed by atoms with Crippen molar-refractivity contribution in [2.75, 3.05) is 5.32 Å². The Morgan fingerprint density at radius 1 is 1.15 bits per heavy atom. The van der Waals surface area contributed by atoms with Gasteiger partial charge in [0.2, 0.25) is 5.91 Å². The molecule has 1 amide bonds. The number of amides is 1. The standard InChI is InChI=1S/C21H23N3O2S/c1-13-8-14(2)10-15(9-13)23-18(25)11-24-12-22-20-19(21(24)26)16-6-4-3-5-7-17(16)27-20/h8-10,12H,3-7,11H2,1-2H3,(H,23,25). The van der Waals surface area contributed by atoms with Gasteiger partial charge in [-0.1, -0.05) is 12.5 Å². The van der Waals surface area contributed by atoms with Crippen molar-refractivity contribution in [2.24, 2.45) is 0 Å². The molecule has 6 heteroatoms. The predicted molar refractivity (Wildman–Crippen MR) is 110 cm³/mol. The zero-order valence-corrected chi connectivity index (χ0v) is 16.5. The second kappa shape index (κ2) is 7.27. The molecule has 3 aromatic rings. The zero-order chi connectivity index (χ0) is 19.0. The number of nitrogens with one attached hydrogen (secondary N) is 1. The Morgan fingerprint density at radius 3 is 2.67 bits per heavy atom. The van der Waals surface area contributed by atoms with Crippen molar-refractivity contribution in [3.8, 4) is 0 Å². The molecule has 0 fully saturated rings. The Morgan fingerprint density at radius 2 is 1.89 bits per heavy atom. The van der Waals surface area contributed by atoms with Crippen LogP contribution in [0.15, 0.2) is 29.3 Å². The molecule has 5 nitrogen and oxygen atoms in total. The third-order valence-corrected chi connectivity index (χ3v) is 6.21. The Labute approximate surface area is 162 Å². The Bertz CT molecular complexity index is 1060. The number of carbonyl (C=O) groups excluding carboxylic acids is 1. The Kier molecular flexibility index (Phi) is 4.83. The number of fused-ring (bicyclic) bond motifs is 3. The van der Waals surface area contributed by atoms with E-state index in [9.17, 15) is 9.59 Å². The summed E-state index contributed by atoms with van der Waals surface area (Å²) in [6, 6.07) is 5.90. The molecule has 0 aliphatic heterocycles. The number of aromatic nitrogens is 2. The van der Waals surface area contributed by atoms with Crippen LogP contribution in [0.3, 0.4) is 0 Å². The molecule has 2 aromatic heterocycles. The third-order valence-electron chi connectivity index (χ3n) is 5.01. The van der Waals surface area contributed by atoms with Crippen LogP contribution in [0.2, 0.25) is 0 Å². The van der Waals surface area contributed by atoms with Gasteiger partial charge in [-0.25, -0.2) is 4.98 Å². The minimum atomic E-state index is -0.218. The molecule has 140 valence electrons. The summed E-state index contributed by atoms with van der Waals surface area (Å²) in [6.45, 7) is 3.96. The van der Waals surface area contributed by atoms with E-state index in [4.69, 9.17) is 0 Å². The molecule has 0 spiro atoms. The van der Waals surface area contributed by atoms with Crippen molar-refractivity contribution in [1.82, 2.24) is 9.55 Å². The first kappa shape index (κ1) is 17.9. The summed E-state index contributed by atoms with van der Waals surface area (Å²) < 4.78 is 1.43. The van der Waals surface area contributed by atoms with Crippen LogP contribution in [-0.4, -0.2) is 15.5 Å². The van der Waals surface area contributed by atoms with E-state index in [1.807, 2.05) is 26.0 Å². The topological polar surface area (TPSA) is 64.0 Å². The van der Waals surface area contributed by atoms with Crippen LogP contribution < -0.4 is 10.9 Å². The van der Waals surface area contributed by atoms with E-state index in [1.54, 1.807) is 11.3 Å². The summed E-state index contributed by atoms with van der Waals surface area (Å²) in [7, 11) is 0. The van der Waals surface area contributed by atoms with Gasteiger partial charge in [0, 0.05) is 10.6 Å². The molecule has 0 unspecified atom stereocenters. The smallest absolute Gasteiger partial charge is 0.262 e. The summed E-state index contributed by atoms with van der Waals surface area (Å²) in [6.07, 6.45) is 6.96. The Balaban J connectivity index is 1.62. The minimum Gasteiger partial charge on any atom is -0.325 e. The van der Waals surface area contributed by atoms with E-state index in [0.717, 1.165) is 51.9 Å². The number of anilines is 1. The first-order valence-corrected chi connectivity index (χ1v) is 10.2. The number of nitrogens with zero attached hydrogens (tertiary/aromatic N) is 2. The highest BCUT2D eigenvalue weighted by Gasteiger charge is 2.19. The lowest BCUT2D eigenvalue weighted by molar-refractivity contribution is -0.116. The first-order chi connectivity index (χ1) is 13.0. The molecule has 1 aliphatic carbocycles. The summed E-state index contributed by atoms with van der Waals surface area (Å²) in [4.78, 5) is 32.1. The summed E-state index contributed by atoms with van der Waals surface area (Å²) in [5.41, 5.74) is 3.99. The molecule has 0 radical (unpaired) electrons. The summed E-state index contributed by atoms with van der Waals surface area (Å²) in [5.74, 6) is -0.218. The maximum absolute atomic E-state index is 13.0. The van der Waals surface area contributed by atoms with Crippen molar-refractivity contribution in [1.29, 1.82) is 0 Å². The van der Waals surface area contributed by atoms with Gasteiger partial charge >= 0.3 is 0 Å². The van der Waals surface area contributed by atoms with Crippen LogP contribution in [0, 0.1) is 13.8 Å². The minimum absolute atomic E-state index is 0.0284. The van der Waals surface area contributed by atoms with Gasteiger partial charge in [0.05, 0.1) is 11.7 Å². The zero-order valence-electron chi connectivity index (χ0n) is 15.7. The quantitative estimate of drug-likeness (QED) is 0.698. The number of aryl methyl sites for hydroxylation is 4. The maximum atomic E-state index is 13.0. The molecule has 4 rings (SSSR count). The molecule has 1 aliphatic rings. The van der Waals surface area contributed by atoms with E-state index in [0.29, 0.717) is 0 Å². The second-order valence-electron chi connectivity index (χ2n) is 7.35. The van der Waals surface area contributed by atoms with Crippen molar-refractivity contribution >= 4 is 33.1 Å². The average Bonchev–Trinajstić information content (AvgIpc) is 2.79. The van der Waals surface area contributed by atoms with Crippen LogP contribution in [-0.2, 0) is 24.2 Å². The Hall–Kier alpha value is -2.47. The summed E-state index contributed by atoms with van der Waals surface area (Å²) >= 11 is 1.64. The summed E-state index contributed by atoms with van der Waals surface area (Å²) in [5, 5.41) is 3.61. The number of rotatable bonds is 3. The highest BCUT2D eigenvalue weighted by atomic mass is 32.1. The fourth-order valence-corrected chi connectivity index (χ4v) is 5.09. The van der Waals surface area contributed by atoms with E-state index >= 15 is 0 Å². The fourth-order valence-electron chi connectivity index (χ4n) is 3.87. The van der Waals surface area contributed by atoms with Gasteiger partial charge in [0.15, 0.2) is 0 Å². The SMILES string of the molecule is Cc1cc(C)cc(NC(=O)Cn2cnc3sc4c(c3c2=O)CCCCC4)c1. The normalized spacial score (nSPS) is 14.0. The lowest BCUT2D eigenvalue weighted by atomic mass is 10.1. The molecule has 1 aromatic carbocycles. The lowest BCUT2D eigenvalue weighted by Crippen LogP contribution is -2.28. The number of hydrogen-bond donors (Lipinski definition) is 1. The number of carbonyl (C=O) groups is 1. The van der Waals surface area contributed by atoms with Crippen LogP contribution in [0.5, 0.6) is 0 Å². The fraction of sp³-hybridized carbons (Fsp3) is 0.381. The number of hydrogen-bond acceptors (Lipinski definition) is 4. The van der Waals surface area contributed by atoms with E-state index in [2.05, 4.69) is 16.4 Å². The number of benzene rings is 1. The molecular formula is C21H23N3O2S. The monoisotopic (exact) mass is 381 g/mol. The largest absolute Gasteiger partial charge is 0.325 e. The molecule has 0 atom stereocenters. The van der Waals surface area contributed by atoms with Crippen molar-refractivity contribution < 1.29 is 4.79 Å². The number of thiophene rings is 1. The molecule has 0 bridgehead atoms. The van der Waals surface area contributed by atoms with E-state index in [1.165, 1.54) is 28.6 Å². The molecule has 27 heavy (non-hydrogen) atoms. The van der Waals surface area contributed by atoms with Crippen LogP contribution in [0.25, 0.3) is 10.2 Å². The maximum Gasteiger partial charge on any atom is 0.262 e. The lowest BCUT2D eigenvalue weighted by Gasteiger charge is -2.09. The molecule has 0 saturated heterocycles. The molecule has 0 saturated carbocycles. The second-order valence-corrected chi connectivity index (χ2v) is 8.43. The van der Waals surface area contributed by atoms with E-state index < -0.39 is 0 Å². The molecule has 1 N–H and O–H groups in total. The van der Waals surface area contributed by atoms with Gasteiger partial charge in [-0.2, -0.15) is 0 Å². The molecule has 2 heterocycles. The van der Waals surface area contributed by atoms with Gasteiger partial charge in [-0.05, 0) is 68.4 Å². The highest BCUT2D eigenvalue weighted by Crippen LogP contribution is 2.32. The van der Waals surface area contributed by atoms with Crippen LogP contribution >= 0.6 is 11.3 Å². The average molecular weight is 382 g/mol. The van der Waals surface area contributed by atoms with Crippen LogP contribution in [0.1, 0.15) is 40.8 Å². The van der Waals surface area contributed by atoms with E-state index in [-0.39, 0.29) is 18.0 Å². The van der Waals surface area contributed by atoms with Gasteiger partial charge in [-0.15, -0.1) is 11.3 Å². The third kappa shape index (κ3) is 3.67. The van der Waals surface area contributed by atoms with Crippen LogP contribution in [0.4, 0.5) is 5.69 Å². The van der Waals surface area contributed by atoms with Crippen molar-refractivity contribution in [2.45, 2.75) is 52.5 Å². The molecular weight excluding hydrogens is 358 g/mol. The predicted octanol–water partition coefficient (Wildman–Crippen LogP) is 3.98. The van der Waals surface area contributed by atoms with Gasteiger partial charge in [0.25, 0.3) is 5.56 Å². The van der Waals surface area contributed by atoms with Gasteiger partial charge in [-0.3, -0.25) is 14.2 Å². The highest BCUT2D eigenvalue weighted by molar-refractivity contribution is 7.18. The van der Waals surface area contributed by atoms with Crippen molar-refractivity contribution in [3.63, 3.8) is 0 Å².